The van der Waals surface area contributed by atoms with E-state index in [2.05, 4.69) is 4.98 Å². The summed E-state index contributed by atoms with van der Waals surface area (Å²) in [6, 6.07) is 10.1. The van der Waals surface area contributed by atoms with Gasteiger partial charge in [-0.2, -0.15) is 0 Å². The van der Waals surface area contributed by atoms with Gasteiger partial charge in [0.05, 0.1) is 11.1 Å². The number of fused-ring (bicyclic) bond motifs is 1. The zero-order chi connectivity index (χ0) is 14.8. The molecule has 2 aromatic rings. The van der Waals surface area contributed by atoms with Gasteiger partial charge in [0.15, 0.2) is 0 Å². The van der Waals surface area contributed by atoms with Crippen molar-refractivity contribution < 1.29 is 4.79 Å². The van der Waals surface area contributed by atoms with Crippen molar-refractivity contribution >= 4 is 28.4 Å². The van der Waals surface area contributed by atoms with Crippen LogP contribution in [0.25, 0.3) is 10.9 Å². The Morgan fingerprint density at radius 1 is 1.38 bits per heavy atom. The fraction of sp³-hybridized carbons (Fsp3) is 0.412. The van der Waals surface area contributed by atoms with Gasteiger partial charge in [-0.15, -0.1) is 11.6 Å². The van der Waals surface area contributed by atoms with Crippen LogP contribution in [0, 0.1) is 6.92 Å². The summed E-state index contributed by atoms with van der Waals surface area (Å²) in [7, 11) is 0. The molecule has 21 heavy (non-hydrogen) atoms. The van der Waals surface area contributed by atoms with Gasteiger partial charge in [-0.25, -0.2) is 0 Å². The Bertz CT molecular complexity index is 667. The molecule has 110 valence electrons. The number of halogens is 1. The summed E-state index contributed by atoms with van der Waals surface area (Å²) in [5.41, 5.74) is 2.49. The van der Waals surface area contributed by atoms with E-state index in [4.69, 9.17) is 11.6 Å². The Balaban J connectivity index is 2.03. The highest BCUT2D eigenvalue weighted by Crippen LogP contribution is 2.28. The SMILES string of the molecule is Cc1cc(C(=O)N(CCCl)C2CCC2)c2ccccc2n1. The van der Waals surface area contributed by atoms with Crippen LogP contribution in [0.3, 0.4) is 0 Å². The zero-order valence-corrected chi connectivity index (χ0v) is 12.9. The molecule has 1 aliphatic carbocycles. The first-order chi connectivity index (χ1) is 10.2. The summed E-state index contributed by atoms with van der Waals surface area (Å²) in [5.74, 6) is 0.562. The van der Waals surface area contributed by atoms with Crippen molar-refractivity contribution in [2.24, 2.45) is 0 Å². The zero-order valence-electron chi connectivity index (χ0n) is 12.2. The molecule has 0 spiro atoms. The van der Waals surface area contributed by atoms with E-state index in [0.717, 1.165) is 35.0 Å². The minimum absolute atomic E-state index is 0.0852. The molecule has 4 heteroatoms. The van der Waals surface area contributed by atoms with Crippen molar-refractivity contribution in [3.8, 4) is 0 Å². The number of hydrogen-bond acceptors (Lipinski definition) is 2. The topological polar surface area (TPSA) is 33.2 Å². The predicted molar refractivity (Wildman–Crippen MR) is 85.9 cm³/mol. The molecule has 1 aliphatic rings. The molecular formula is C17H19ClN2O. The fourth-order valence-electron chi connectivity index (χ4n) is 2.88. The summed E-state index contributed by atoms with van der Waals surface area (Å²) < 4.78 is 0. The van der Waals surface area contributed by atoms with Gasteiger partial charge >= 0.3 is 0 Å². The maximum Gasteiger partial charge on any atom is 0.254 e. The summed E-state index contributed by atoms with van der Waals surface area (Å²) in [6.45, 7) is 2.54. The number of rotatable bonds is 4. The van der Waals surface area contributed by atoms with Crippen LogP contribution in [0.1, 0.15) is 35.3 Å². The minimum atomic E-state index is 0.0852. The standard InChI is InChI=1S/C17H19ClN2O/c1-12-11-15(14-7-2-3-8-16(14)19-12)17(21)20(10-9-18)13-5-4-6-13/h2-3,7-8,11,13H,4-6,9-10H2,1H3. The highest BCUT2D eigenvalue weighted by molar-refractivity contribution is 6.18. The number of aromatic nitrogens is 1. The van der Waals surface area contributed by atoms with Crippen molar-refractivity contribution in [3.05, 3.63) is 41.6 Å². The van der Waals surface area contributed by atoms with Gasteiger partial charge in [0.2, 0.25) is 0 Å². The Morgan fingerprint density at radius 2 is 2.14 bits per heavy atom. The molecular weight excluding hydrogens is 284 g/mol. The van der Waals surface area contributed by atoms with Crippen molar-refractivity contribution in [3.63, 3.8) is 0 Å². The van der Waals surface area contributed by atoms with Crippen molar-refractivity contribution in [1.29, 1.82) is 0 Å². The second-order valence-electron chi connectivity index (χ2n) is 5.60. The Labute approximate surface area is 129 Å². The van der Waals surface area contributed by atoms with Gasteiger partial charge in [-0.05, 0) is 38.3 Å². The van der Waals surface area contributed by atoms with E-state index in [1.165, 1.54) is 6.42 Å². The second kappa shape index (κ2) is 6.02. The molecule has 0 saturated heterocycles. The highest BCUT2D eigenvalue weighted by Gasteiger charge is 2.29. The van der Waals surface area contributed by atoms with Crippen molar-refractivity contribution in [2.75, 3.05) is 12.4 Å². The average Bonchev–Trinajstić information content (AvgIpc) is 2.43. The van der Waals surface area contributed by atoms with Gasteiger partial charge in [0.25, 0.3) is 5.91 Å². The molecule has 1 saturated carbocycles. The molecule has 1 heterocycles. The molecule has 3 nitrogen and oxygen atoms in total. The van der Waals surface area contributed by atoms with Crippen LogP contribution < -0.4 is 0 Å². The number of benzene rings is 1. The van der Waals surface area contributed by atoms with E-state index in [1.807, 2.05) is 42.2 Å². The first-order valence-corrected chi connectivity index (χ1v) is 7.97. The Kier molecular flexibility index (Phi) is 4.11. The second-order valence-corrected chi connectivity index (χ2v) is 5.98. The van der Waals surface area contributed by atoms with Crippen LogP contribution in [-0.2, 0) is 0 Å². The van der Waals surface area contributed by atoms with Gasteiger partial charge in [-0.1, -0.05) is 18.2 Å². The van der Waals surface area contributed by atoms with E-state index in [0.29, 0.717) is 18.5 Å². The number of amides is 1. The Hall–Kier alpha value is -1.61. The number of hydrogen-bond donors (Lipinski definition) is 0. The average molecular weight is 303 g/mol. The van der Waals surface area contributed by atoms with E-state index in [-0.39, 0.29) is 5.91 Å². The van der Waals surface area contributed by atoms with Gasteiger partial charge in [0.1, 0.15) is 0 Å². The van der Waals surface area contributed by atoms with Crippen molar-refractivity contribution in [2.45, 2.75) is 32.2 Å². The molecule has 1 fully saturated rings. The summed E-state index contributed by atoms with van der Waals surface area (Å²) in [4.78, 5) is 19.4. The number of carbonyl (C=O) groups is 1. The van der Waals surface area contributed by atoms with Gasteiger partial charge < -0.3 is 4.90 Å². The lowest BCUT2D eigenvalue weighted by molar-refractivity contribution is 0.0600. The lowest BCUT2D eigenvalue weighted by atomic mass is 9.90. The van der Waals surface area contributed by atoms with E-state index < -0.39 is 0 Å². The number of aryl methyl sites for hydroxylation is 1. The smallest absolute Gasteiger partial charge is 0.254 e. The van der Waals surface area contributed by atoms with E-state index in [9.17, 15) is 4.79 Å². The first-order valence-electron chi connectivity index (χ1n) is 7.44. The molecule has 1 amide bonds. The van der Waals surface area contributed by atoms with Crippen LogP contribution in [0.4, 0.5) is 0 Å². The van der Waals surface area contributed by atoms with Crippen molar-refractivity contribution in [1.82, 2.24) is 9.88 Å². The van der Waals surface area contributed by atoms with Crippen LogP contribution >= 0.6 is 11.6 Å². The number of carbonyl (C=O) groups excluding carboxylic acids is 1. The third kappa shape index (κ3) is 2.75. The molecule has 1 aromatic carbocycles. The fourth-order valence-corrected chi connectivity index (χ4v) is 3.06. The van der Waals surface area contributed by atoms with E-state index in [1.54, 1.807) is 0 Å². The van der Waals surface area contributed by atoms with Gasteiger partial charge in [-0.3, -0.25) is 9.78 Å². The number of alkyl halides is 1. The lowest BCUT2D eigenvalue weighted by Gasteiger charge is -2.37. The monoisotopic (exact) mass is 302 g/mol. The maximum absolute atomic E-state index is 13.0. The molecule has 0 bridgehead atoms. The lowest BCUT2D eigenvalue weighted by Crippen LogP contribution is -2.45. The number of pyridine rings is 1. The molecule has 0 aliphatic heterocycles. The third-order valence-corrected chi connectivity index (χ3v) is 4.35. The minimum Gasteiger partial charge on any atom is -0.334 e. The quantitative estimate of drug-likeness (QED) is 0.805. The summed E-state index contributed by atoms with van der Waals surface area (Å²) in [6.07, 6.45) is 3.38. The van der Waals surface area contributed by atoms with Crippen LogP contribution in [0.5, 0.6) is 0 Å². The predicted octanol–water partition coefficient (Wildman–Crippen LogP) is 3.78. The third-order valence-electron chi connectivity index (χ3n) is 4.18. The summed E-state index contributed by atoms with van der Waals surface area (Å²) >= 11 is 5.90. The summed E-state index contributed by atoms with van der Waals surface area (Å²) in [5, 5.41) is 0.923. The number of nitrogens with zero attached hydrogens (tertiary/aromatic N) is 2. The van der Waals surface area contributed by atoms with Crippen LogP contribution in [0.2, 0.25) is 0 Å². The molecule has 0 radical (unpaired) electrons. The number of para-hydroxylation sites is 1. The normalized spacial score (nSPS) is 15.0. The first kappa shape index (κ1) is 14.3. The molecule has 1 aromatic heterocycles. The highest BCUT2D eigenvalue weighted by atomic mass is 35.5. The molecule has 3 rings (SSSR count). The molecule has 0 atom stereocenters. The molecule has 0 N–H and O–H groups in total. The van der Waals surface area contributed by atoms with Crippen LogP contribution in [-0.4, -0.2) is 34.3 Å². The van der Waals surface area contributed by atoms with Crippen LogP contribution in [0.15, 0.2) is 30.3 Å². The molecule has 0 unspecified atom stereocenters. The maximum atomic E-state index is 13.0. The van der Waals surface area contributed by atoms with E-state index >= 15 is 0 Å². The van der Waals surface area contributed by atoms with Gasteiger partial charge in [0, 0.05) is 29.5 Å². The largest absolute Gasteiger partial charge is 0.334 e. The Morgan fingerprint density at radius 3 is 2.81 bits per heavy atom.